The van der Waals surface area contributed by atoms with Gasteiger partial charge in [-0.15, -0.1) is 0 Å². The van der Waals surface area contributed by atoms with E-state index < -0.39 is 21.4 Å². The van der Waals surface area contributed by atoms with E-state index in [-0.39, 0.29) is 16.0 Å². The molecule has 1 aliphatic rings. The molecule has 1 aromatic rings. The van der Waals surface area contributed by atoms with Crippen LogP contribution in [0.2, 0.25) is 0 Å². The van der Waals surface area contributed by atoms with Crippen molar-refractivity contribution in [3.05, 3.63) is 35.4 Å². The Bertz CT molecular complexity index is 694. The van der Waals surface area contributed by atoms with Crippen LogP contribution in [0.3, 0.4) is 0 Å². The summed E-state index contributed by atoms with van der Waals surface area (Å²) in [5.74, 6) is -0.409. The second kappa shape index (κ2) is 4.36. The lowest BCUT2D eigenvalue weighted by Gasteiger charge is -2.24. The Labute approximate surface area is 110 Å². The predicted molar refractivity (Wildman–Crippen MR) is 67.6 cm³/mol. The largest absolute Gasteiger partial charge is 0.297 e. The quantitative estimate of drug-likeness (QED) is 0.676. The van der Waals surface area contributed by atoms with Crippen LogP contribution < -0.4 is 0 Å². The van der Waals surface area contributed by atoms with Crippen molar-refractivity contribution in [1.82, 2.24) is 0 Å². The van der Waals surface area contributed by atoms with Gasteiger partial charge in [0.15, 0.2) is 11.3 Å². The fraction of sp³-hybridized carbons (Fsp3) is 0.250. The normalized spacial score (nSPS) is 22.1. The monoisotopic (exact) mass is 280 g/mol. The zero-order valence-corrected chi connectivity index (χ0v) is 11.2. The predicted octanol–water partition coefficient (Wildman–Crippen LogP) is 2.02. The summed E-state index contributed by atoms with van der Waals surface area (Å²) in [5, 5.41) is 3.30. The Morgan fingerprint density at radius 2 is 2.05 bits per heavy atom. The Hall–Kier alpha value is -1.86. The Morgan fingerprint density at radius 3 is 2.63 bits per heavy atom. The van der Waals surface area contributed by atoms with Gasteiger partial charge >= 0.3 is 0 Å². The van der Waals surface area contributed by atoms with Gasteiger partial charge in [-0.3, -0.25) is 8.98 Å². The summed E-state index contributed by atoms with van der Waals surface area (Å²) in [6, 6.07) is 4.35. The molecule has 0 heterocycles. The number of hydrogen-bond acceptors (Lipinski definition) is 6. The van der Waals surface area contributed by atoms with Gasteiger partial charge in [-0.1, -0.05) is 18.2 Å². The molecule has 0 aromatic heterocycles. The van der Waals surface area contributed by atoms with Crippen LogP contribution in [0.4, 0.5) is 0 Å². The summed E-state index contributed by atoms with van der Waals surface area (Å²) < 4.78 is 28.0. The number of carbonyl (C=O) groups excluding carboxylic acids is 1. The van der Waals surface area contributed by atoms with Crippen LogP contribution in [0.15, 0.2) is 34.3 Å². The smallest absolute Gasteiger partial charge is 0.291 e. The Balaban J connectivity index is 2.73. The maximum absolute atomic E-state index is 12.2. The number of hydrogen-bond donors (Lipinski definition) is 1. The summed E-state index contributed by atoms with van der Waals surface area (Å²) in [6.45, 7) is 1.50. The van der Waals surface area contributed by atoms with E-state index in [0.29, 0.717) is 0 Å². The Kier molecular flexibility index (Phi) is 3.11. The molecule has 0 aliphatic heterocycles. The fourth-order valence-corrected chi connectivity index (χ4v) is 2.78. The third-order valence-electron chi connectivity index (χ3n) is 3.07. The van der Waals surface area contributed by atoms with Gasteiger partial charge in [0, 0.05) is 11.1 Å². The number of Topliss-reactive ketones (excluding diaryl/α,β-unsaturated/α-hetero) is 1. The molecule has 0 saturated carbocycles. The highest BCUT2D eigenvalue weighted by Gasteiger charge is 2.37. The molecule has 1 N–H and O–H groups in total. The van der Waals surface area contributed by atoms with Crippen molar-refractivity contribution in [3.63, 3.8) is 0 Å². The number of rotatable bonds is 3. The van der Waals surface area contributed by atoms with Gasteiger partial charge in [0.25, 0.3) is 10.1 Å². The van der Waals surface area contributed by atoms with Crippen molar-refractivity contribution >= 4 is 22.0 Å². The molecule has 0 spiro atoms. The molecular formula is C12H12N2O4S. The van der Waals surface area contributed by atoms with Crippen LogP contribution in [0, 0.1) is 5.53 Å². The van der Waals surface area contributed by atoms with Gasteiger partial charge in [-0.25, -0.2) is 5.53 Å². The van der Waals surface area contributed by atoms with Crippen molar-refractivity contribution in [2.24, 2.45) is 5.11 Å². The molecule has 1 unspecified atom stereocenters. The number of nitrogens with one attached hydrogen (secondary N) is 1. The maximum Gasteiger partial charge on any atom is 0.297 e. The van der Waals surface area contributed by atoms with Gasteiger partial charge < -0.3 is 0 Å². The maximum atomic E-state index is 12.2. The van der Waals surface area contributed by atoms with Crippen molar-refractivity contribution in [2.75, 3.05) is 7.11 Å². The first-order valence-electron chi connectivity index (χ1n) is 5.42. The lowest BCUT2D eigenvalue weighted by atomic mass is 9.84. The molecule has 0 amide bonds. The molecule has 100 valence electrons. The van der Waals surface area contributed by atoms with E-state index in [2.05, 4.69) is 9.30 Å². The first-order chi connectivity index (χ1) is 8.85. The fourth-order valence-electron chi connectivity index (χ4n) is 1.90. The van der Waals surface area contributed by atoms with Crippen molar-refractivity contribution in [2.45, 2.75) is 17.4 Å². The van der Waals surface area contributed by atoms with Crippen LogP contribution in [-0.4, -0.2) is 26.8 Å². The zero-order chi connectivity index (χ0) is 14.3. The molecule has 0 radical (unpaired) electrons. The van der Waals surface area contributed by atoms with E-state index in [1.807, 2.05) is 0 Å². The molecular weight excluding hydrogens is 268 g/mol. The van der Waals surface area contributed by atoms with E-state index in [9.17, 15) is 13.2 Å². The zero-order valence-electron chi connectivity index (χ0n) is 10.4. The third kappa shape index (κ3) is 2.00. The second-order valence-corrected chi connectivity index (χ2v) is 5.94. The SMILES string of the molecule is COS(=O)(=O)c1cccc2c1C=CC(C)(N=N)C2=O. The van der Waals surface area contributed by atoms with E-state index in [4.69, 9.17) is 5.53 Å². The molecule has 0 fully saturated rings. The van der Waals surface area contributed by atoms with Gasteiger partial charge in [-0.2, -0.15) is 13.5 Å². The van der Waals surface area contributed by atoms with Crippen LogP contribution in [-0.2, 0) is 14.3 Å². The second-order valence-electron chi connectivity index (χ2n) is 4.26. The highest BCUT2D eigenvalue weighted by Crippen LogP contribution is 2.32. The number of ketones is 1. The van der Waals surface area contributed by atoms with E-state index >= 15 is 0 Å². The number of carbonyl (C=O) groups is 1. The molecule has 7 heteroatoms. The van der Waals surface area contributed by atoms with E-state index in [0.717, 1.165) is 7.11 Å². The molecule has 0 saturated heterocycles. The van der Waals surface area contributed by atoms with Gasteiger partial charge in [0.05, 0.1) is 7.11 Å². The number of nitrogens with zero attached hydrogens (tertiary/aromatic N) is 1. The van der Waals surface area contributed by atoms with E-state index in [1.54, 1.807) is 0 Å². The molecule has 1 atom stereocenters. The lowest BCUT2D eigenvalue weighted by Crippen LogP contribution is -2.33. The van der Waals surface area contributed by atoms with Crippen LogP contribution >= 0.6 is 0 Å². The van der Waals surface area contributed by atoms with Gasteiger partial charge in [-0.05, 0) is 19.1 Å². The van der Waals surface area contributed by atoms with Crippen LogP contribution in [0.1, 0.15) is 22.8 Å². The topological polar surface area (TPSA) is 96.7 Å². The van der Waals surface area contributed by atoms with Gasteiger partial charge in [0.2, 0.25) is 0 Å². The van der Waals surface area contributed by atoms with Crippen molar-refractivity contribution in [3.8, 4) is 0 Å². The molecule has 19 heavy (non-hydrogen) atoms. The first kappa shape index (κ1) is 13.6. The average molecular weight is 280 g/mol. The minimum absolute atomic E-state index is 0.0656. The minimum Gasteiger partial charge on any atom is -0.291 e. The molecule has 6 nitrogen and oxygen atoms in total. The third-order valence-corrected chi connectivity index (χ3v) is 4.40. The summed E-state index contributed by atoms with van der Waals surface area (Å²) in [4.78, 5) is 12.2. The van der Waals surface area contributed by atoms with E-state index in [1.165, 1.54) is 37.3 Å². The summed E-state index contributed by atoms with van der Waals surface area (Å²) >= 11 is 0. The Morgan fingerprint density at radius 1 is 1.37 bits per heavy atom. The van der Waals surface area contributed by atoms with Crippen LogP contribution in [0.25, 0.3) is 6.08 Å². The molecule has 2 rings (SSSR count). The minimum atomic E-state index is -3.89. The summed E-state index contributed by atoms with van der Waals surface area (Å²) in [5.41, 5.74) is 6.31. The highest BCUT2D eigenvalue weighted by atomic mass is 32.2. The standard InChI is InChI=1S/C12H12N2O4S/c1-12(14-13)7-6-8-9(11(12)15)4-3-5-10(8)19(16,17)18-2/h3-7,13H,1-2H3. The molecule has 0 bridgehead atoms. The van der Waals surface area contributed by atoms with Gasteiger partial charge in [0.1, 0.15) is 4.90 Å². The van der Waals surface area contributed by atoms with Crippen molar-refractivity contribution in [1.29, 1.82) is 5.53 Å². The average Bonchev–Trinajstić information content (AvgIpc) is 2.42. The molecule has 1 aromatic carbocycles. The van der Waals surface area contributed by atoms with Crippen molar-refractivity contribution < 1.29 is 17.4 Å². The number of fused-ring (bicyclic) bond motifs is 1. The summed E-state index contributed by atoms with van der Waals surface area (Å²) in [6.07, 6.45) is 2.90. The number of benzene rings is 1. The van der Waals surface area contributed by atoms with Crippen LogP contribution in [0.5, 0.6) is 0 Å². The molecule has 1 aliphatic carbocycles. The summed E-state index contributed by atoms with van der Waals surface area (Å²) in [7, 11) is -2.83. The first-order valence-corrected chi connectivity index (χ1v) is 6.83. The highest BCUT2D eigenvalue weighted by molar-refractivity contribution is 7.86. The lowest BCUT2D eigenvalue weighted by molar-refractivity contribution is 0.0925.